The van der Waals surface area contributed by atoms with Crippen molar-refractivity contribution >= 4 is 28.3 Å². The van der Waals surface area contributed by atoms with Crippen LogP contribution in [0.2, 0.25) is 0 Å². The van der Waals surface area contributed by atoms with Crippen molar-refractivity contribution in [3.63, 3.8) is 0 Å². The smallest absolute Gasteiger partial charge is 0.131 e. The zero-order valence-corrected chi connectivity index (χ0v) is 13.0. The monoisotopic (exact) mass is 389 g/mol. The average Bonchev–Trinajstić information content (AvgIpc) is 2.05. The molecule has 0 aromatic carbocycles. The first-order valence-corrected chi connectivity index (χ1v) is 6.02. The van der Waals surface area contributed by atoms with Crippen LogP contribution in [0.4, 0.5) is 0 Å². The molecule has 0 heterocycles. The maximum absolute atomic E-state index is 5.42. The Kier molecular flexibility index (Phi) is 13.9. The maximum atomic E-state index is 5.42. The molecule has 0 spiro atoms. The van der Waals surface area contributed by atoms with Crippen molar-refractivity contribution in [2.75, 3.05) is 5.75 Å². The van der Waals surface area contributed by atoms with Gasteiger partial charge in [-0.3, -0.25) is 0 Å². The van der Waals surface area contributed by atoms with E-state index in [4.69, 9.17) is 18.0 Å². The van der Waals surface area contributed by atoms with Crippen LogP contribution in [-0.4, -0.2) is 10.1 Å². The molecule has 1 atom stereocenters. The van der Waals surface area contributed by atoms with Crippen molar-refractivity contribution in [1.82, 2.24) is 0 Å². The molecule has 0 radical (unpaired) electrons. The molecule has 1 unspecified atom stereocenters. The summed E-state index contributed by atoms with van der Waals surface area (Å²) < 4.78 is 0.588. The fraction of sp³-hybridized carbons (Fsp3) is 0.889. The van der Waals surface area contributed by atoms with Gasteiger partial charge < -0.3 is 5.73 Å². The van der Waals surface area contributed by atoms with E-state index in [0.29, 0.717) is 4.32 Å². The minimum absolute atomic E-state index is 0. The minimum atomic E-state index is 0. The summed E-state index contributed by atoms with van der Waals surface area (Å²) in [7, 11) is 0. The van der Waals surface area contributed by atoms with Crippen LogP contribution in [0.1, 0.15) is 39.5 Å². The molecular weight excluding hydrogens is 370 g/mol. The second-order valence-corrected chi connectivity index (χ2v) is 4.81. The zero-order valence-electron chi connectivity index (χ0n) is 8.41. The number of rotatable bonds is 6. The third-order valence-electron chi connectivity index (χ3n) is 2.00. The third kappa shape index (κ3) is 10.9. The molecule has 0 saturated heterocycles. The average molecular weight is 389 g/mol. The number of unbranched alkanes of at least 4 members (excludes halogenated alkanes) is 1. The molecule has 1 nitrogen and oxygen atoms in total. The molecule has 0 aliphatic carbocycles. The van der Waals surface area contributed by atoms with Crippen molar-refractivity contribution in [2.45, 2.75) is 39.5 Å². The van der Waals surface area contributed by atoms with Crippen LogP contribution in [0.5, 0.6) is 0 Å². The van der Waals surface area contributed by atoms with Gasteiger partial charge in [0.25, 0.3) is 0 Å². The molecule has 2 N–H and O–H groups in total. The van der Waals surface area contributed by atoms with Gasteiger partial charge >= 0.3 is 0 Å². The van der Waals surface area contributed by atoms with Gasteiger partial charge in [-0.1, -0.05) is 57.1 Å². The number of thioether (sulfide) groups is 1. The standard InChI is InChI=1S/C9H19NS2.W/c1-3-5-6-8(4-2)7-12-9(10)11;/h8H,3-7H2,1-2H3,(H2,10,11);. The molecule has 78 valence electrons. The predicted octanol–water partition coefficient (Wildman–Crippen LogP) is 3.18. The van der Waals surface area contributed by atoms with E-state index >= 15 is 0 Å². The molecule has 0 amide bonds. The summed E-state index contributed by atoms with van der Waals surface area (Å²) in [5.74, 6) is 1.91. The van der Waals surface area contributed by atoms with Crippen molar-refractivity contribution in [1.29, 1.82) is 0 Å². The van der Waals surface area contributed by atoms with E-state index in [-0.39, 0.29) is 21.1 Å². The van der Waals surface area contributed by atoms with Crippen molar-refractivity contribution < 1.29 is 21.1 Å². The maximum Gasteiger partial charge on any atom is 0.131 e. The van der Waals surface area contributed by atoms with Gasteiger partial charge in [-0.2, -0.15) is 0 Å². The predicted molar refractivity (Wildman–Crippen MR) is 62.5 cm³/mol. The molecule has 0 aromatic heterocycles. The van der Waals surface area contributed by atoms with E-state index in [1.807, 2.05) is 0 Å². The van der Waals surface area contributed by atoms with Gasteiger partial charge in [-0.25, -0.2) is 0 Å². The Bertz CT molecular complexity index is 131. The Hall–Kier alpha value is 0.928. The summed E-state index contributed by atoms with van der Waals surface area (Å²) in [6.45, 7) is 4.47. The van der Waals surface area contributed by atoms with Crippen LogP contribution in [0.25, 0.3) is 0 Å². The molecule has 4 heteroatoms. The molecule has 0 aliphatic heterocycles. The Morgan fingerprint density at radius 2 is 2.08 bits per heavy atom. The second kappa shape index (κ2) is 11.0. The summed E-state index contributed by atoms with van der Waals surface area (Å²) in [6.07, 6.45) is 5.18. The molecule has 0 saturated carbocycles. The van der Waals surface area contributed by atoms with Gasteiger partial charge in [0.15, 0.2) is 0 Å². The van der Waals surface area contributed by atoms with Gasteiger partial charge in [-0.15, -0.1) is 0 Å². The Morgan fingerprint density at radius 3 is 2.46 bits per heavy atom. The normalized spacial score (nSPS) is 11.8. The van der Waals surface area contributed by atoms with Crippen LogP contribution in [-0.2, 0) is 21.1 Å². The Labute approximate surface area is 106 Å². The quantitative estimate of drug-likeness (QED) is 0.707. The summed E-state index contributed by atoms with van der Waals surface area (Å²) in [4.78, 5) is 0. The van der Waals surface area contributed by atoms with Gasteiger partial charge in [0.2, 0.25) is 0 Å². The summed E-state index contributed by atoms with van der Waals surface area (Å²) in [6, 6.07) is 0. The summed E-state index contributed by atoms with van der Waals surface area (Å²) in [5.41, 5.74) is 5.42. The molecular formula is C9H19NS2W. The van der Waals surface area contributed by atoms with Gasteiger partial charge in [0.05, 0.1) is 0 Å². The van der Waals surface area contributed by atoms with E-state index in [0.717, 1.165) is 11.7 Å². The Morgan fingerprint density at radius 1 is 1.46 bits per heavy atom. The fourth-order valence-electron chi connectivity index (χ4n) is 1.10. The van der Waals surface area contributed by atoms with E-state index < -0.39 is 0 Å². The van der Waals surface area contributed by atoms with E-state index in [1.165, 1.54) is 25.7 Å². The number of hydrogen-bond donors (Lipinski definition) is 1. The van der Waals surface area contributed by atoms with Crippen LogP contribution in [0.15, 0.2) is 0 Å². The number of thiocarbonyl (C=S) groups is 1. The molecule has 0 aromatic rings. The first kappa shape index (κ1) is 16.4. The number of nitrogens with two attached hydrogens (primary N) is 1. The van der Waals surface area contributed by atoms with Crippen LogP contribution < -0.4 is 5.73 Å². The van der Waals surface area contributed by atoms with Crippen LogP contribution in [0, 0.1) is 5.92 Å². The third-order valence-corrected chi connectivity index (χ3v) is 3.28. The first-order chi connectivity index (χ1) is 5.70. The summed E-state index contributed by atoms with van der Waals surface area (Å²) >= 11 is 6.44. The van der Waals surface area contributed by atoms with Gasteiger partial charge in [-0.05, 0) is 12.3 Å². The molecule has 0 aliphatic rings. The minimum Gasteiger partial charge on any atom is -0.385 e. The number of hydrogen-bond acceptors (Lipinski definition) is 2. The molecule has 13 heavy (non-hydrogen) atoms. The van der Waals surface area contributed by atoms with E-state index in [9.17, 15) is 0 Å². The largest absolute Gasteiger partial charge is 0.385 e. The second-order valence-electron chi connectivity index (χ2n) is 3.05. The Balaban J connectivity index is 0. The first-order valence-electron chi connectivity index (χ1n) is 4.62. The van der Waals surface area contributed by atoms with Crippen LogP contribution in [0.3, 0.4) is 0 Å². The van der Waals surface area contributed by atoms with Gasteiger partial charge in [0.1, 0.15) is 4.32 Å². The van der Waals surface area contributed by atoms with E-state index in [1.54, 1.807) is 11.8 Å². The SMILES string of the molecule is CCCCC(CC)CSC(N)=S.[W]. The van der Waals surface area contributed by atoms with Crippen molar-refractivity contribution in [2.24, 2.45) is 11.7 Å². The molecule has 0 fully saturated rings. The van der Waals surface area contributed by atoms with Crippen molar-refractivity contribution in [3.8, 4) is 0 Å². The van der Waals surface area contributed by atoms with E-state index in [2.05, 4.69) is 13.8 Å². The fourth-order valence-corrected chi connectivity index (χ4v) is 2.10. The zero-order chi connectivity index (χ0) is 9.40. The topological polar surface area (TPSA) is 26.0 Å². The van der Waals surface area contributed by atoms with Gasteiger partial charge in [0, 0.05) is 26.8 Å². The van der Waals surface area contributed by atoms with Crippen LogP contribution >= 0.6 is 24.0 Å². The van der Waals surface area contributed by atoms with Crippen molar-refractivity contribution in [3.05, 3.63) is 0 Å². The molecule has 0 rings (SSSR count). The summed E-state index contributed by atoms with van der Waals surface area (Å²) in [5, 5.41) is 0. The molecule has 0 bridgehead atoms.